The van der Waals surface area contributed by atoms with E-state index in [4.69, 9.17) is 0 Å². The van der Waals surface area contributed by atoms with Gasteiger partial charge in [0.2, 0.25) is 0 Å². The van der Waals surface area contributed by atoms with Gasteiger partial charge in [0.05, 0.1) is 0 Å². The van der Waals surface area contributed by atoms with Crippen molar-refractivity contribution in [3.63, 3.8) is 0 Å². The Kier molecular flexibility index (Phi) is 6.14. The molecule has 3 aromatic carbocycles. The van der Waals surface area contributed by atoms with Crippen molar-refractivity contribution in [2.24, 2.45) is 0 Å². The Bertz CT molecular complexity index is 1300. The zero-order valence-corrected chi connectivity index (χ0v) is 17.1. The molecular weight excluding hydrogens is 390 g/mol. The Morgan fingerprint density at radius 3 is 2.32 bits per heavy atom. The molecule has 2 nitrogen and oxygen atoms in total. The van der Waals surface area contributed by atoms with Crippen molar-refractivity contribution in [2.45, 2.75) is 19.8 Å². The van der Waals surface area contributed by atoms with E-state index in [2.05, 4.69) is 27.9 Å². The highest BCUT2D eigenvalue weighted by Crippen LogP contribution is 2.21. The summed E-state index contributed by atoms with van der Waals surface area (Å²) in [4.78, 5) is 8.93. The lowest BCUT2D eigenvalue weighted by Crippen LogP contribution is -1.92. The van der Waals surface area contributed by atoms with Crippen LogP contribution in [0.1, 0.15) is 30.0 Å². The molecule has 4 aromatic rings. The quantitative estimate of drug-likeness (QED) is 0.284. The molecule has 1 aromatic heterocycles. The summed E-state index contributed by atoms with van der Waals surface area (Å²) in [5.74, 6) is 5.18. The van der Waals surface area contributed by atoms with Gasteiger partial charge >= 0.3 is 0 Å². The molecule has 0 amide bonds. The number of aryl methyl sites for hydroxylation is 1. The molecule has 0 spiro atoms. The molecule has 0 aliphatic carbocycles. The summed E-state index contributed by atoms with van der Waals surface area (Å²) in [6, 6.07) is 15.4. The number of allylic oxidation sites excluding steroid dienone is 2. The molecule has 0 unspecified atom stereocenters. The molecule has 0 saturated carbocycles. The molecule has 0 aliphatic rings. The third kappa shape index (κ3) is 4.84. The standard InChI is InChI=1S/C27H20F2N2/c1-2-3-4-5-21-17-30-27(31-18-21)22-11-8-19(9-12-22)6-7-20-10-14-24-23(16-20)13-15-25(28)26(24)29/h2-3,8-18H,4-5H2,1H3/b3-2+. The summed E-state index contributed by atoms with van der Waals surface area (Å²) >= 11 is 0. The fourth-order valence-corrected chi connectivity index (χ4v) is 3.24. The van der Waals surface area contributed by atoms with Gasteiger partial charge in [-0.2, -0.15) is 0 Å². The van der Waals surface area contributed by atoms with Crippen LogP contribution in [0.5, 0.6) is 0 Å². The minimum Gasteiger partial charge on any atom is -0.236 e. The average Bonchev–Trinajstić information content (AvgIpc) is 2.81. The van der Waals surface area contributed by atoms with Crippen LogP contribution in [0.25, 0.3) is 22.2 Å². The molecule has 0 N–H and O–H groups in total. The van der Waals surface area contributed by atoms with E-state index in [9.17, 15) is 8.78 Å². The normalized spacial score (nSPS) is 10.9. The van der Waals surface area contributed by atoms with Crippen LogP contribution in [0.3, 0.4) is 0 Å². The van der Waals surface area contributed by atoms with Crippen molar-refractivity contribution in [3.8, 4) is 23.2 Å². The smallest absolute Gasteiger partial charge is 0.166 e. The first kappa shape index (κ1) is 20.4. The highest BCUT2D eigenvalue weighted by Gasteiger charge is 2.06. The van der Waals surface area contributed by atoms with E-state index in [1.165, 1.54) is 0 Å². The first-order valence-electron chi connectivity index (χ1n) is 10.1. The number of hydrogen-bond donors (Lipinski definition) is 0. The van der Waals surface area contributed by atoms with Gasteiger partial charge < -0.3 is 0 Å². The van der Waals surface area contributed by atoms with E-state index >= 15 is 0 Å². The Balaban J connectivity index is 1.49. The van der Waals surface area contributed by atoms with Crippen molar-refractivity contribution in [3.05, 3.63) is 107 Å². The summed E-state index contributed by atoms with van der Waals surface area (Å²) in [5, 5.41) is 0.870. The van der Waals surface area contributed by atoms with Gasteiger partial charge in [0.1, 0.15) is 0 Å². The van der Waals surface area contributed by atoms with E-state index in [-0.39, 0.29) is 5.39 Å². The number of benzene rings is 3. The molecule has 0 atom stereocenters. The van der Waals surface area contributed by atoms with Crippen LogP contribution in [0.4, 0.5) is 8.78 Å². The fourth-order valence-electron chi connectivity index (χ4n) is 3.24. The van der Waals surface area contributed by atoms with Gasteiger partial charge in [0, 0.05) is 34.5 Å². The van der Waals surface area contributed by atoms with Crippen LogP contribution < -0.4 is 0 Å². The summed E-state index contributed by atoms with van der Waals surface area (Å²) in [6.07, 6.45) is 9.82. The van der Waals surface area contributed by atoms with Gasteiger partial charge in [-0.05, 0) is 73.2 Å². The average molecular weight is 410 g/mol. The van der Waals surface area contributed by atoms with Gasteiger partial charge in [-0.3, -0.25) is 0 Å². The second kappa shape index (κ2) is 9.32. The number of rotatable bonds is 4. The molecule has 0 radical (unpaired) electrons. The van der Waals surface area contributed by atoms with Crippen molar-refractivity contribution >= 4 is 10.8 Å². The van der Waals surface area contributed by atoms with Crippen LogP contribution in [0, 0.1) is 23.5 Å². The molecule has 0 saturated heterocycles. The Labute approximate surface area is 180 Å². The number of nitrogens with zero attached hydrogens (tertiary/aromatic N) is 2. The van der Waals surface area contributed by atoms with Gasteiger partial charge in [0.25, 0.3) is 0 Å². The lowest BCUT2D eigenvalue weighted by Gasteiger charge is -2.02. The second-order valence-corrected chi connectivity index (χ2v) is 7.15. The van der Waals surface area contributed by atoms with E-state index in [1.807, 2.05) is 49.7 Å². The molecule has 0 bridgehead atoms. The largest absolute Gasteiger partial charge is 0.236 e. The van der Waals surface area contributed by atoms with Crippen LogP contribution in [0.15, 0.2) is 79.1 Å². The predicted octanol–water partition coefficient (Wildman–Crippen LogP) is 6.48. The minimum absolute atomic E-state index is 0.253. The summed E-state index contributed by atoms with van der Waals surface area (Å²) < 4.78 is 27.2. The lowest BCUT2D eigenvalue weighted by atomic mass is 10.1. The maximum atomic E-state index is 13.8. The van der Waals surface area contributed by atoms with Crippen molar-refractivity contribution in [1.29, 1.82) is 0 Å². The molecule has 152 valence electrons. The second-order valence-electron chi connectivity index (χ2n) is 7.15. The van der Waals surface area contributed by atoms with E-state index in [0.29, 0.717) is 11.2 Å². The maximum Gasteiger partial charge on any atom is 0.166 e. The van der Waals surface area contributed by atoms with E-state index in [1.54, 1.807) is 24.3 Å². The zero-order valence-electron chi connectivity index (χ0n) is 17.1. The predicted molar refractivity (Wildman–Crippen MR) is 120 cm³/mol. The molecule has 4 heteroatoms. The molecule has 1 heterocycles. The lowest BCUT2D eigenvalue weighted by molar-refractivity contribution is 0.517. The topological polar surface area (TPSA) is 25.8 Å². The number of aromatic nitrogens is 2. The third-order valence-electron chi connectivity index (χ3n) is 4.94. The van der Waals surface area contributed by atoms with Crippen molar-refractivity contribution in [2.75, 3.05) is 0 Å². The maximum absolute atomic E-state index is 13.8. The Morgan fingerprint density at radius 2 is 1.58 bits per heavy atom. The molecule has 4 rings (SSSR count). The van der Waals surface area contributed by atoms with Crippen LogP contribution >= 0.6 is 0 Å². The molecule has 0 fully saturated rings. The zero-order chi connectivity index (χ0) is 21.6. The first-order chi connectivity index (χ1) is 15.1. The van der Waals surface area contributed by atoms with Crippen molar-refractivity contribution < 1.29 is 8.78 Å². The molecule has 0 aliphatic heterocycles. The summed E-state index contributed by atoms with van der Waals surface area (Å²) in [7, 11) is 0. The monoisotopic (exact) mass is 410 g/mol. The number of halogens is 2. The summed E-state index contributed by atoms with van der Waals surface area (Å²) in [5.41, 5.74) is 3.62. The van der Waals surface area contributed by atoms with Gasteiger partial charge in [-0.25, -0.2) is 18.7 Å². The van der Waals surface area contributed by atoms with Crippen LogP contribution in [-0.4, -0.2) is 9.97 Å². The minimum atomic E-state index is -0.848. The van der Waals surface area contributed by atoms with E-state index in [0.717, 1.165) is 41.2 Å². The van der Waals surface area contributed by atoms with Gasteiger partial charge in [-0.1, -0.05) is 36.1 Å². The first-order valence-corrected chi connectivity index (χ1v) is 10.1. The Hall–Kier alpha value is -3.84. The summed E-state index contributed by atoms with van der Waals surface area (Å²) in [6.45, 7) is 2.01. The highest BCUT2D eigenvalue weighted by atomic mass is 19.2. The van der Waals surface area contributed by atoms with Gasteiger partial charge in [0.15, 0.2) is 17.5 Å². The third-order valence-corrected chi connectivity index (χ3v) is 4.94. The number of fused-ring (bicyclic) bond motifs is 1. The van der Waals surface area contributed by atoms with Gasteiger partial charge in [-0.15, -0.1) is 0 Å². The molecular formula is C27H20F2N2. The van der Waals surface area contributed by atoms with Crippen molar-refractivity contribution in [1.82, 2.24) is 9.97 Å². The van der Waals surface area contributed by atoms with Crippen LogP contribution in [0.2, 0.25) is 0 Å². The number of hydrogen-bond acceptors (Lipinski definition) is 2. The molecule has 31 heavy (non-hydrogen) atoms. The fraction of sp³-hybridized carbons (Fsp3) is 0.111. The van der Waals surface area contributed by atoms with E-state index < -0.39 is 11.6 Å². The SMILES string of the molecule is C/C=C/CCc1cnc(-c2ccc(C#Cc3ccc4c(F)c(F)ccc4c3)cc2)nc1. The Morgan fingerprint density at radius 1 is 0.871 bits per heavy atom. The highest BCUT2D eigenvalue weighted by molar-refractivity contribution is 5.84. The van der Waals surface area contributed by atoms with Crippen LogP contribution in [-0.2, 0) is 6.42 Å².